The predicted molar refractivity (Wildman–Crippen MR) is 45.0 cm³/mol. The van der Waals surface area contributed by atoms with Gasteiger partial charge in [0.15, 0.2) is 0 Å². The minimum atomic E-state index is 0.0518. The van der Waals surface area contributed by atoms with E-state index in [1.807, 2.05) is 13.0 Å². The van der Waals surface area contributed by atoms with Gasteiger partial charge in [-0.2, -0.15) is 0 Å². The molecule has 0 radical (unpaired) electrons. The van der Waals surface area contributed by atoms with Gasteiger partial charge in [0.1, 0.15) is 0 Å². The van der Waals surface area contributed by atoms with Gasteiger partial charge in [-0.25, -0.2) is 0 Å². The van der Waals surface area contributed by atoms with E-state index in [2.05, 4.69) is 11.6 Å². The zero-order valence-corrected chi connectivity index (χ0v) is 6.54. The molecule has 2 nitrogen and oxygen atoms in total. The summed E-state index contributed by atoms with van der Waals surface area (Å²) in [5, 5.41) is 8.82. The molecule has 0 aliphatic rings. The molecule has 2 heteroatoms. The van der Waals surface area contributed by atoms with Crippen molar-refractivity contribution >= 4 is 6.08 Å². The van der Waals surface area contributed by atoms with Crippen LogP contribution in [0.5, 0.6) is 0 Å². The Kier molecular flexibility index (Phi) is 2.39. The molecule has 1 heterocycles. The third-order valence-electron chi connectivity index (χ3n) is 1.62. The Labute approximate surface area is 66.2 Å². The van der Waals surface area contributed by atoms with Crippen molar-refractivity contribution in [1.82, 2.24) is 4.98 Å². The fourth-order valence-corrected chi connectivity index (χ4v) is 0.883. The number of rotatable bonds is 2. The highest BCUT2D eigenvalue weighted by Crippen LogP contribution is 2.08. The Morgan fingerprint density at radius 1 is 1.73 bits per heavy atom. The molecule has 58 valence electrons. The van der Waals surface area contributed by atoms with Crippen molar-refractivity contribution in [2.45, 2.75) is 13.5 Å². The summed E-state index contributed by atoms with van der Waals surface area (Å²) < 4.78 is 0. The lowest BCUT2D eigenvalue weighted by atomic mass is 10.1. The van der Waals surface area contributed by atoms with Crippen LogP contribution in [0.3, 0.4) is 0 Å². The van der Waals surface area contributed by atoms with E-state index in [4.69, 9.17) is 5.11 Å². The van der Waals surface area contributed by atoms with Gasteiger partial charge in [0.25, 0.3) is 0 Å². The predicted octanol–water partition coefficient (Wildman–Crippen LogP) is 1.53. The van der Waals surface area contributed by atoms with Gasteiger partial charge < -0.3 is 5.11 Å². The van der Waals surface area contributed by atoms with Gasteiger partial charge in [-0.1, -0.05) is 6.58 Å². The first kappa shape index (κ1) is 7.95. The average molecular weight is 149 g/mol. The van der Waals surface area contributed by atoms with E-state index in [0.29, 0.717) is 0 Å². The Balaban J connectivity index is 3.09. The van der Waals surface area contributed by atoms with E-state index in [9.17, 15) is 0 Å². The van der Waals surface area contributed by atoms with Crippen molar-refractivity contribution in [3.05, 3.63) is 35.7 Å². The van der Waals surface area contributed by atoms with Crippen LogP contribution in [0.25, 0.3) is 6.08 Å². The molecule has 0 fully saturated rings. The summed E-state index contributed by atoms with van der Waals surface area (Å²) in [5.74, 6) is 0. The van der Waals surface area contributed by atoms with Crippen LogP contribution >= 0.6 is 0 Å². The Morgan fingerprint density at radius 3 is 2.91 bits per heavy atom. The number of aliphatic hydroxyl groups excluding tert-OH is 1. The molecule has 1 N–H and O–H groups in total. The summed E-state index contributed by atoms with van der Waals surface area (Å²) in [4.78, 5) is 4.05. The van der Waals surface area contributed by atoms with E-state index in [-0.39, 0.29) is 6.61 Å². The quantitative estimate of drug-likeness (QED) is 0.691. The van der Waals surface area contributed by atoms with Gasteiger partial charge in [-0.05, 0) is 30.2 Å². The highest BCUT2D eigenvalue weighted by Gasteiger charge is 1.96. The molecule has 0 aliphatic carbocycles. The first-order valence-corrected chi connectivity index (χ1v) is 3.46. The third-order valence-corrected chi connectivity index (χ3v) is 1.62. The number of hydrogen-bond donors (Lipinski definition) is 1. The second-order valence-electron chi connectivity index (χ2n) is 2.40. The van der Waals surface area contributed by atoms with Crippen LogP contribution in [0.4, 0.5) is 0 Å². The maximum absolute atomic E-state index is 8.82. The summed E-state index contributed by atoms with van der Waals surface area (Å²) in [5.41, 5.74) is 2.77. The van der Waals surface area contributed by atoms with Crippen LogP contribution < -0.4 is 0 Å². The first-order chi connectivity index (χ1) is 5.27. The molecular weight excluding hydrogens is 138 g/mol. The van der Waals surface area contributed by atoms with Crippen molar-refractivity contribution in [3.8, 4) is 0 Å². The molecule has 1 rings (SSSR count). The van der Waals surface area contributed by atoms with E-state index in [1.165, 1.54) is 0 Å². The standard InChI is InChI=1S/C9H11NO/c1-3-9-4-7(2)8(6-11)5-10-9/h3-5,11H,1,6H2,2H3. The zero-order chi connectivity index (χ0) is 8.27. The molecule has 1 aromatic heterocycles. The second-order valence-corrected chi connectivity index (χ2v) is 2.40. The Bertz CT molecular complexity index is 268. The molecule has 0 aromatic carbocycles. The van der Waals surface area contributed by atoms with Crippen molar-refractivity contribution in [3.63, 3.8) is 0 Å². The molecular formula is C9H11NO. The van der Waals surface area contributed by atoms with Gasteiger partial charge in [0.2, 0.25) is 0 Å². The molecule has 11 heavy (non-hydrogen) atoms. The molecule has 0 amide bonds. The fraction of sp³-hybridized carbons (Fsp3) is 0.222. The van der Waals surface area contributed by atoms with Gasteiger partial charge >= 0.3 is 0 Å². The number of aliphatic hydroxyl groups is 1. The van der Waals surface area contributed by atoms with Gasteiger partial charge in [0, 0.05) is 6.20 Å². The minimum absolute atomic E-state index is 0.0518. The SMILES string of the molecule is C=Cc1cc(C)c(CO)cn1. The maximum Gasteiger partial charge on any atom is 0.0699 e. The van der Waals surface area contributed by atoms with E-state index in [0.717, 1.165) is 16.8 Å². The van der Waals surface area contributed by atoms with Crippen molar-refractivity contribution in [2.75, 3.05) is 0 Å². The minimum Gasteiger partial charge on any atom is -0.392 e. The summed E-state index contributed by atoms with van der Waals surface area (Å²) in [6.07, 6.45) is 3.36. The van der Waals surface area contributed by atoms with Crippen LogP contribution in [-0.4, -0.2) is 10.1 Å². The van der Waals surface area contributed by atoms with Crippen LogP contribution in [0, 0.1) is 6.92 Å². The number of aryl methyl sites for hydroxylation is 1. The lowest BCUT2D eigenvalue weighted by Gasteiger charge is -2.01. The molecule has 0 aliphatic heterocycles. The molecule has 0 unspecified atom stereocenters. The molecule has 0 atom stereocenters. The van der Waals surface area contributed by atoms with E-state index >= 15 is 0 Å². The summed E-state index contributed by atoms with van der Waals surface area (Å²) >= 11 is 0. The summed E-state index contributed by atoms with van der Waals surface area (Å²) in [6, 6.07) is 1.90. The zero-order valence-electron chi connectivity index (χ0n) is 6.54. The largest absolute Gasteiger partial charge is 0.392 e. The van der Waals surface area contributed by atoms with Crippen molar-refractivity contribution < 1.29 is 5.11 Å². The summed E-state index contributed by atoms with van der Waals surface area (Å²) in [7, 11) is 0. The molecule has 0 saturated heterocycles. The lowest BCUT2D eigenvalue weighted by Crippen LogP contribution is -1.91. The first-order valence-electron chi connectivity index (χ1n) is 3.46. The lowest BCUT2D eigenvalue weighted by molar-refractivity contribution is 0.280. The van der Waals surface area contributed by atoms with Crippen LogP contribution in [-0.2, 0) is 6.61 Å². The number of pyridine rings is 1. The number of hydrogen-bond acceptors (Lipinski definition) is 2. The van der Waals surface area contributed by atoms with Crippen LogP contribution in [0.15, 0.2) is 18.8 Å². The van der Waals surface area contributed by atoms with E-state index < -0.39 is 0 Å². The van der Waals surface area contributed by atoms with Crippen molar-refractivity contribution in [2.24, 2.45) is 0 Å². The fourth-order valence-electron chi connectivity index (χ4n) is 0.883. The van der Waals surface area contributed by atoms with Crippen molar-refractivity contribution in [1.29, 1.82) is 0 Å². The normalized spacial score (nSPS) is 9.64. The third kappa shape index (κ3) is 1.65. The molecule has 0 spiro atoms. The monoisotopic (exact) mass is 149 g/mol. The van der Waals surface area contributed by atoms with Gasteiger partial charge in [-0.15, -0.1) is 0 Å². The van der Waals surface area contributed by atoms with Gasteiger partial charge in [-0.3, -0.25) is 4.98 Å². The topological polar surface area (TPSA) is 33.1 Å². The molecule has 0 saturated carbocycles. The van der Waals surface area contributed by atoms with Crippen LogP contribution in [0.1, 0.15) is 16.8 Å². The maximum atomic E-state index is 8.82. The smallest absolute Gasteiger partial charge is 0.0699 e. The Morgan fingerprint density at radius 2 is 2.45 bits per heavy atom. The molecule has 0 bridgehead atoms. The number of aromatic nitrogens is 1. The van der Waals surface area contributed by atoms with Crippen LogP contribution in [0.2, 0.25) is 0 Å². The number of nitrogens with zero attached hydrogens (tertiary/aromatic N) is 1. The second kappa shape index (κ2) is 3.30. The molecule has 1 aromatic rings. The Hall–Kier alpha value is -1.15. The highest BCUT2D eigenvalue weighted by atomic mass is 16.3. The van der Waals surface area contributed by atoms with Gasteiger partial charge in [0.05, 0.1) is 12.3 Å². The summed E-state index contributed by atoms with van der Waals surface area (Å²) in [6.45, 7) is 5.60. The van der Waals surface area contributed by atoms with E-state index in [1.54, 1.807) is 12.3 Å². The average Bonchev–Trinajstić information content (AvgIpc) is 2.04. The highest BCUT2D eigenvalue weighted by molar-refractivity contribution is 5.43.